The number of halogens is 3. The van der Waals surface area contributed by atoms with Gasteiger partial charge in [0.2, 0.25) is 0 Å². The highest BCUT2D eigenvalue weighted by Crippen LogP contribution is 2.26. The van der Waals surface area contributed by atoms with Crippen molar-refractivity contribution in [3.8, 4) is 6.07 Å². The monoisotopic (exact) mass is 452 g/mol. The van der Waals surface area contributed by atoms with Crippen LogP contribution in [0.4, 0.5) is 18.9 Å². The quantitative estimate of drug-likeness (QED) is 0.587. The molecule has 0 spiro atoms. The minimum atomic E-state index is -4.37. The number of anilines is 1. The Kier molecular flexibility index (Phi) is 8.89. The Morgan fingerprint density at radius 1 is 1.47 bits per heavy atom. The van der Waals surface area contributed by atoms with Gasteiger partial charge in [0.05, 0.1) is 18.3 Å². The van der Waals surface area contributed by atoms with Crippen molar-refractivity contribution in [3.05, 3.63) is 45.5 Å². The first-order valence-electron chi connectivity index (χ1n) is 10.7. The summed E-state index contributed by atoms with van der Waals surface area (Å²) < 4.78 is 38.9. The highest BCUT2D eigenvalue weighted by molar-refractivity contribution is 5.57. The summed E-state index contributed by atoms with van der Waals surface area (Å²) >= 11 is 0. The highest BCUT2D eigenvalue weighted by Gasteiger charge is 2.30. The molecule has 1 aliphatic heterocycles. The van der Waals surface area contributed by atoms with Crippen LogP contribution in [0, 0.1) is 17.2 Å². The third-order valence-corrected chi connectivity index (χ3v) is 5.54. The number of hydrogen-bond donors (Lipinski definition) is 2. The molecule has 0 saturated carbocycles. The fourth-order valence-corrected chi connectivity index (χ4v) is 3.91. The van der Waals surface area contributed by atoms with Crippen LogP contribution in [0.2, 0.25) is 0 Å². The molecule has 0 radical (unpaired) electrons. The number of allylic oxidation sites excluding steroid dienone is 2. The van der Waals surface area contributed by atoms with Gasteiger partial charge in [-0.15, -0.1) is 0 Å². The van der Waals surface area contributed by atoms with E-state index in [-0.39, 0.29) is 23.2 Å². The second-order valence-electron chi connectivity index (χ2n) is 8.32. The van der Waals surface area contributed by atoms with Crippen molar-refractivity contribution in [2.75, 3.05) is 31.1 Å². The smallest absolute Gasteiger partial charge is 0.394 e. The van der Waals surface area contributed by atoms with E-state index in [0.29, 0.717) is 37.4 Å². The average molecular weight is 453 g/mol. The summed E-state index contributed by atoms with van der Waals surface area (Å²) in [6, 6.07) is 1.84. The van der Waals surface area contributed by atoms with E-state index < -0.39 is 18.2 Å². The van der Waals surface area contributed by atoms with Gasteiger partial charge in [0.15, 0.2) is 0 Å². The third kappa shape index (κ3) is 7.12. The van der Waals surface area contributed by atoms with Crippen LogP contribution in [0.15, 0.2) is 34.4 Å². The second kappa shape index (κ2) is 11.2. The molecule has 0 aromatic carbocycles. The van der Waals surface area contributed by atoms with Crippen LogP contribution in [0.1, 0.15) is 45.6 Å². The first-order chi connectivity index (χ1) is 15.1. The van der Waals surface area contributed by atoms with Gasteiger partial charge in [0.25, 0.3) is 5.56 Å². The fraction of sp³-hybridized carbons (Fsp3) is 0.591. The van der Waals surface area contributed by atoms with Crippen molar-refractivity contribution in [1.82, 2.24) is 15.1 Å². The molecule has 1 fully saturated rings. The van der Waals surface area contributed by atoms with Crippen LogP contribution in [0.3, 0.4) is 0 Å². The van der Waals surface area contributed by atoms with Crippen molar-refractivity contribution < 1.29 is 13.2 Å². The number of nitriles is 1. The Labute approximate surface area is 186 Å². The number of nitrogens with two attached hydrogens (primary N) is 1. The number of piperazine rings is 1. The van der Waals surface area contributed by atoms with Crippen LogP contribution in [-0.2, 0) is 0 Å². The highest BCUT2D eigenvalue weighted by atomic mass is 19.4. The molecule has 176 valence electrons. The summed E-state index contributed by atoms with van der Waals surface area (Å²) in [6.45, 7) is 7.92. The van der Waals surface area contributed by atoms with Crippen molar-refractivity contribution in [3.63, 3.8) is 0 Å². The molecule has 2 heterocycles. The zero-order valence-corrected chi connectivity index (χ0v) is 18.7. The van der Waals surface area contributed by atoms with Gasteiger partial charge >= 0.3 is 6.18 Å². The van der Waals surface area contributed by atoms with Gasteiger partial charge in [-0.25, -0.2) is 5.10 Å². The van der Waals surface area contributed by atoms with Gasteiger partial charge in [-0.2, -0.15) is 23.5 Å². The summed E-state index contributed by atoms with van der Waals surface area (Å²) in [5.41, 5.74) is 6.10. The van der Waals surface area contributed by atoms with Crippen LogP contribution < -0.4 is 16.2 Å². The number of hydrogen-bond acceptors (Lipinski definition) is 6. The van der Waals surface area contributed by atoms with Gasteiger partial charge in [-0.3, -0.25) is 9.69 Å². The molecule has 1 saturated heterocycles. The molecule has 1 aromatic heterocycles. The Balaban J connectivity index is 2.18. The number of H-pyrrole nitrogens is 1. The van der Waals surface area contributed by atoms with Gasteiger partial charge in [-0.05, 0) is 24.8 Å². The summed E-state index contributed by atoms with van der Waals surface area (Å²) in [7, 11) is 0. The molecule has 0 amide bonds. The number of aromatic amines is 1. The van der Waals surface area contributed by atoms with Crippen LogP contribution in [-0.4, -0.2) is 53.5 Å². The topological polar surface area (TPSA) is 102 Å². The molecule has 7 nitrogen and oxygen atoms in total. The van der Waals surface area contributed by atoms with E-state index in [0.717, 1.165) is 12.8 Å². The second-order valence-corrected chi connectivity index (χ2v) is 8.32. The largest absolute Gasteiger partial charge is 0.402 e. The van der Waals surface area contributed by atoms with Crippen LogP contribution in [0.25, 0.3) is 0 Å². The molecular formula is C22H31F3N6O. The van der Waals surface area contributed by atoms with Crippen LogP contribution >= 0.6 is 0 Å². The Morgan fingerprint density at radius 3 is 2.78 bits per heavy atom. The minimum Gasteiger partial charge on any atom is -0.402 e. The van der Waals surface area contributed by atoms with E-state index in [1.807, 2.05) is 35.8 Å². The predicted molar refractivity (Wildman–Crippen MR) is 118 cm³/mol. The van der Waals surface area contributed by atoms with Crippen molar-refractivity contribution >= 4 is 5.69 Å². The summed E-state index contributed by atoms with van der Waals surface area (Å²) in [4.78, 5) is 15.9. The van der Waals surface area contributed by atoms with E-state index in [1.165, 1.54) is 6.20 Å². The minimum absolute atomic E-state index is 0.00292. The number of nitrogens with one attached hydrogen (secondary N) is 1. The lowest BCUT2D eigenvalue weighted by atomic mass is 10.0. The maximum Gasteiger partial charge on any atom is 0.394 e. The number of aromatic nitrogens is 2. The van der Waals surface area contributed by atoms with Crippen LogP contribution in [0.5, 0.6) is 0 Å². The summed E-state index contributed by atoms with van der Waals surface area (Å²) in [6.07, 6.45) is 1.53. The molecule has 2 unspecified atom stereocenters. The maximum atomic E-state index is 13.0. The van der Waals surface area contributed by atoms with Gasteiger partial charge < -0.3 is 10.6 Å². The molecular weight excluding hydrogens is 421 g/mol. The lowest BCUT2D eigenvalue weighted by molar-refractivity contribution is -0.127. The molecule has 1 aromatic rings. The van der Waals surface area contributed by atoms with E-state index in [9.17, 15) is 23.2 Å². The lowest BCUT2D eigenvalue weighted by Crippen LogP contribution is -2.53. The first-order valence-corrected chi connectivity index (χ1v) is 10.7. The standard InChI is InChI=1S/C22H31F3N6O/c1-4-5-15(2)6-7-17(19(27)10-22(23,24)25)14-30-8-9-31(16(3)13-30)20-12-28-29-21(32)18(20)11-26/h6-7,12,15-16H,4-5,8-10,13-14,27H2,1-3H3,(H,29,32)/b7-6-,19-17+. The molecule has 0 aliphatic carbocycles. The Morgan fingerprint density at radius 2 is 2.19 bits per heavy atom. The van der Waals surface area contributed by atoms with E-state index in [2.05, 4.69) is 17.1 Å². The lowest BCUT2D eigenvalue weighted by Gasteiger charge is -2.41. The van der Waals surface area contributed by atoms with Crippen molar-refractivity contribution in [1.29, 1.82) is 5.26 Å². The normalized spacial score (nSPS) is 19.7. The van der Waals surface area contributed by atoms with Gasteiger partial charge in [0, 0.05) is 37.9 Å². The first kappa shape index (κ1) is 25.5. The number of alkyl halides is 3. The molecule has 2 atom stereocenters. The van der Waals surface area contributed by atoms with Crippen molar-refractivity contribution in [2.45, 2.75) is 52.3 Å². The molecule has 1 aliphatic rings. The van der Waals surface area contributed by atoms with Gasteiger partial charge in [-0.1, -0.05) is 32.4 Å². The summed E-state index contributed by atoms with van der Waals surface area (Å²) in [5, 5.41) is 15.4. The molecule has 0 bridgehead atoms. The molecule has 2 rings (SSSR count). The Bertz CT molecular complexity index is 931. The zero-order valence-electron chi connectivity index (χ0n) is 18.7. The molecule has 3 N–H and O–H groups in total. The Hall–Kier alpha value is -2.80. The van der Waals surface area contributed by atoms with Gasteiger partial charge in [0.1, 0.15) is 11.6 Å². The maximum absolute atomic E-state index is 13.0. The summed E-state index contributed by atoms with van der Waals surface area (Å²) in [5.74, 6) is 0.248. The number of rotatable bonds is 8. The third-order valence-electron chi connectivity index (χ3n) is 5.54. The van der Waals surface area contributed by atoms with E-state index in [4.69, 9.17) is 5.73 Å². The number of nitrogens with zero attached hydrogens (tertiary/aromatic N) is 4. The average Bonchev–Trinajstić information content (AvgIpc) is 2.70. The van der Waals surface area contributed by atoms with Crippen molar-refractivity contribution in [2.24, 2.45) is 11.7 Å². The molecule has 10 heteroatoms. The van der Waals surface area contributed by atoms with E-state index in [1.54, 1.807) is 6.08 Å². The predicted octanol–water partition coefficient (Wildman–Crippen LogP) is 3.31. The van der Waals surface area contributed by atoms with E-state index >= 15 is 0 Å². The SMILES string of the molecule is CCCC(C)/C=C\C(CN1CCN(c2cn[nH]c(=O)c2C#N)C(C)C1)=C(/N)CC(F)(F)F. The zero-order chi connectivity index (χ0) is 23.9. The molecule has 32 heavy (non-hydrogen) atoms. The fourth-order valence-electron chi connectivity index (χ4n) is 3.91.